The average Bonchev–Trinajstić information content (AvgIpc) is 3.00. The van der Waals surface area contributed by atoms with Crippen molar-refractivity contribution in [1.29, 1.82) is 0 Å². The highest BCUT2D eigenvalue weighted by molar-refractivity contribution is 7.91. The molecule has 0 N–H and O–H groups in total. The normalized spacial score (nSPS) is 15.4. The van der Waals surface area contributed by atoms with Crippen LogP contribution in [0.5, 0.6) is 5.75 Å². The minimum atomic E-state index is -4.62. The summed E-state index contributed by atoms with van der Waals surface area (Å²) in [6.07, 6.45) is -2.39. The minimum Gasteiger partial charge on any atom is -0.484 e. The van der Waals surface area contributed by atoms with Gasteiger partial charge in [-0.25, -0.2) is 23.4 Å². The van der Waals surface area contributed by atoms with E-state index in [0.717, 1.165) is 12.3 Å². The number of aryl methyl sites for hydroxylation is 1. The zero-order valence-electron chi connectivity index (χ0n) is 16.0. The number of ether oxygens (including phenoxy) is 2. The maximum absolute atomic E-state index is 13.0. The molecule has 30 heavy (non-hydrogen) atoms. The van der Waals surface area contributed by atoms with Gasteiger partial charge in [0, 0.05) is 13.1 Å². The van der Waals surface area contributed by atoms with Gasteiger partial charge in [-0.05, 0) is 6.07 Å². The molecule has 0 radical (unpaired) electrons. The lowest BCUT2D eigenvalue weighted by molar-refractivity contribution is -0.141. The third kappa shape index (κ3) is 3.60. The van der Waals surface area contributed by atoms with Gasteiger partial charge in [-0.2, -0.15) is 13.2 Å². The molecular weight excluding hydrogens is 425 g/mol. The van der Waals surface area contributed by atoms with E-state index < -0.39 is 21.7 Å². The summed E-state index contributed by atoms with van der Waals surface area (Å²) < 4.78 is 76.5. The lowest BCUT2D eigenvalue weighted by Gasteiger charge is -2.26. The van der Waals surface area contributed by atoms with Crippen molar-refractivity contribution in [2.45, 2.75) is 24.1 Å². The van der Waals surface area contributed by atoms with Crippen LogP contribution in [0.1, 0.15) is 12.6 Å². The summed E-state index contributed by atoms with van der Waals surface area (Å²) in [5.41, 5.74) is -0.711. The maximum atomic E-state index is 13.0. The maximum Gasteiger partial charge on any atom is 0.433 e. The van der Waals surface area contributed by atoms with Crippen molar-refractivity contribution in [1.82, 2.24) is 19.5 Å². The Labute approximate surface area is 169 Å². The molecule has 160 valence electrons. The molecule has 0 amide bonds. The zero-order chi connectivity index (χ0) is 21.7. The van der Waals surface area contributed by atoms with Gasteiger partial charge in [-0.15, -0.1) is 0 Å². The highest BCUT2D eigenvalue weighted by atomic mass is 32.2. The fraction of sp³-hybridized carbons (Fsp3) is 0.389. The Hall–Kier alpha value is -2.73. The molecule has 0 aromatic carbocycles. The first-order chi connectivity index (χ1) is 14.1. The van der Waals surface area contributed by atoms with Gasteiger partial charge in [-0.1, -0.05) is 6.92 Å². The summed E-state index contributed by atoms with van der Waals surface area (Å²) in [6.45, 7) is 2.29. The zero-order valence-corrected chi connectivity index (χ0v) is 16.8. The summed E-state index contributed by atoms with van der Waals surface area (Å²) >= 11 is 0. The third-order valence-electron chi connectivity index (χ3n) is 4.72. The quantitative estimate of drug-likeness (QED) is 0.599. The Morgan fingerprint density at radius 3 is 2.57 bits per heavy atom. The lowest BCUT2D eigenvalue weighted by atomic mass is 10.3. The molecule has 12 heteroatoms. The molecule has 4 rings (SSSR count). The first-order valence-electron chi connectivity index (χ1n) is 8.97. The van der Waals surface area contributed by atoms with Crippen LogP contribution in [-0.2, 0) is 27.8 Å². The van der Waals surface area contributed by atoms with E-state index in [4.69, 9.17) is 9.47 Å². The van der Waals surface area contributed by atoms with Crippen LogP contribution in [0.3, 0.4) is 0 Å². The predicted molar refractivity (Wildman–Crippen MR) is 99.7 cm³/mol. The molecule has 0 atom stereocenters. The number of halogens is 3. The van der Waals surface area contributed by atoms with Crippen molar-refractivity contribution >= 4 is 20.9 Å². The number of fused-ring (bicyclic) bond motifs is 1. The van der Waals surface area contributed by atoms with Crippen LogP contribution < -0.4 is 4.74 Å². The summed E-state index contributed by atoms with van der Waals surface area (Å²) in [7, 11) is -2.18. The van der Waals surface area contributed by atoms with Crippen molar-refractivity contribution < 1.29 is 31.1 Å². The van der Waals surface area contributed by atoms with Gasteiger partial charge >= 0.3 is 6.18 Å². The van der Waals surface area contributed by atoms with E-state index in [1.807, 2.05) is 0 Å². The SMILES string of the molecule is CCS(=O)(=O)c1cc(OC2COC2)cnc1-c1nc2cc(C(F)(F)F)ncc2n1C. The second-order valence-electron chi connectivity index (χ2n) is 6.75. The standard InChI is InChI=1S/C18H17F3N4O4S/c1-3-30(26,27)14-4-10(29-11-8-28-9-11)6-23-16(14)17-24-12-5-15(18(19,20)21)22-7-13(12)25(17)2/h4-7,11H,3,8-9H2,1-2H3. The molecular formula is C18H17F3N4O4S. The number of nitrogens with zero attached hydrogens (tertiary/aromatic N) is 4. The van der Waals surface area contributed by atoms with Gasteiger partial charge in [-0.3, -0.25) is 0 Å². The summed E-state index contributed by atoms with van der Waals surface area (Å²) in [6, 6.07) is 2.18. The predicted octanol–water partition coefficient (Wildman–Crippen LogP) is 2.62. The molecule has 0 spiro atoms. The Morgan fingerprint density at radius 1 is 1.23 bits per heavy atom. The monoisotopic (exact) mass is 442 g/mol. The smallest absolute Gasteiger partial charge is 0.433 e. The van der Waals surface area contributed by atoms with Crippen LogP contribution in [-0.4, -0.2) is 53.0 Å². The fourth-order valence-electron chi connectivity index (χ4n) is 2.98. The van der Waals surface area contributed by atoms with Crippen LogP contribution in [0.15, 0.2) is 29.4 Å². The highest BCUT2D eigenvalue weighted by Gasteiger charge is 2.33. The second-order valence-corrected chi connectivity index (χ2v) is 9.00. The number of hydrogen-bond acceptors (Lipinski definition) is 7. The molecule has 0 unspecified atom stereocenters. The van der Waals surface area contributed by atoms with Crippen LogP contribution in [0.4, 0.5) is 13.2 Å². The molecule has 0 saturated carbocycles. The number of alkyl halides is 3. The van der Waals surface area contributed by atoms with Gasteiger partial charge in [0.25, 0.3) is 0 Å². The number of aromatic nitrogens is 4. The van der Waals surface area contributed by atoms with E-state index in [-0.39, 0.29) is 39.5 Å². The van der Waals surface area contributed by atoms with Crippen LogP contribution in [0.2, 0.25) is 0 Å². The summed E-state index contributed by atoms with van der Waals surface area (Å²) in [5.74, 6) is 0.178. The van der Waals surface area contributed by atoms with E-state index in [9.17, 15) is 21.6 Å². The van der Waals surface area contributed by atoms with Crippen LogP contribution in [0, 0.1) is 0 Å². The van der Waals surface area contributed by atoms with Gasteiger partial charge in [0.05, 0.1) is 42.4 Å². The lowest BCUT2D eigenvalue weighted by Crippen LogP contribution is -2.38. The van der Waals surface area contributed by atoms with E-state index in [1.54, 1.807) is 7.05 Å². The highest BCUT2D eigenvalue weighted by Crippen LogP contribution is 2.33. The molecule has 1 aliphatic rings. The summed E-state index contributed by atoms with van der Waals surface area (Å²) in [4.78, 5) is 11.8. The Bertz CT molecular complexity index is 1220. The Morgan fingerprint density at radius 2 is 1.97 bits per heavy atom. The summed E-state index contributed by atoms with van der Waals surface area (Å²) in [5, 5.41) is 0. The first kappa shape index (κ1) is 20.5. The van der Waals surface area contributed by atoms with Crippen molar-refractivity contribution in [2.24, 2.45) is 7.05 Å². The van der Waals surface area contributed by atoms with E-state index in [2.05, 4.69) is 15.0 Å². The molecule has 4 heterocycles. The number of sulfone groups is 1. The van der Waals surface area contributed by atoms with Crippen molar-refractivity contribution in [3.8, 4) is 17.3 Å². The number of rotatable bonds is 5. The van der Waals surface area contributed by atoms with Gasteiger partial charge in [0.2, 0.25) is 0 Å². The molecule has 8 nitrogen and oxygen atoms in total. The van der Waals surface area contributed by atoms with E-state index >= 15 is 0 Å². The van der Waals surface area contributed by atoms with Gasteiger partial charge in [0.1, 0.15) is 28.1 Å². The molecule has 1 fully saturated rings. The van der Waals surface area contributed by atoms with E-state index in [1.165, 1.54) is 23.8 Å². The van der Waals surface area contributed by atoms with Gasteiger partial charge in [0.15, 0.2) is 15.7 Å². The van der Waals surface area contributed by atoms with Crippen LogP contribution in [0.25, 0.3) is 22.6 Å². The second kappa shape index (κ2) is 7.20. The molecule has 0 aliphatic carbocycles. The van der Waals surface area contributed by atoms with E-state index in [0.29, 0.717) is 18.7 Å². The number of pyridine rings is 2. The van der Waals surface area contributed by atoms with Crippen molar-refractivity contribution in [3.05, 3.63) is 30.2 Å². The molecule has 1 saturated heterocycles. The fourth-order valence-corrected chi connectivity index (χ4v) is 4.03. The number of imidazole rings is 1. The largest absolute Gasteiger partial charge is 0.484 e. The Balaban J connectivity index is 1.86. The number of hydrogen-bond donors (Lipinski definition) is 0. The topological polar surface area (TPSA) is 96.2 Å². The molecule has 1 aliphatic heterocycles. The van der Waals surface area contributed by atoms with Crippen LogP contribution >= 0.6 is 0 Å². The van der Waals surface area contributed by atoms with Crippen molar-refractivity contribution in [2.75, 3.05) is 19.0 Å². The van der Waals surface area contributed by atoms with Gasteiger partial charge < -0.3 is 14.0 Å². The molecule has 0 bridgehead atoms. The van der Waals surface area contributed by atoms with Crippen molar-refractivity contribution in [3.63, 3.8) is 0 Å². The third-order valence-corrected chi connectivity index (χ3v) is 6.46. The average molecular weight is 442 g/mol. The molecule has 3 aromatic rings. The first-order valence-corrected chi connectivity index (χ1v) is 10.6. The minimum absolute atomic E-state index is 0.0290. The Kier molecular flexibility index (Phi) is 4.93. The molecule has 3 aromatic heterocycles.